The molecule has 0 aliphatic rings. The first-order chi connectivity index (χ1) is 7.86. The van der Waals surface area contributed by atoms with E-state index in [2.05, 4.69) is 0 Å². The molecule has 0 saturated carbocycles. The first kappa shape index (κ1) is 17.1. The van der Waals surface area contributed by atoms with Gasteiger partial charge in [0.25, 0.3) is 0 Å². The number of hydrogen-bond acceptors (Lipinski definition) is 4. The van der Waals surface area contributed by atoms with Crippen LogP contribution in [-0.4, -0.2) is 53.6 Å². The van der Waals surface area contributed by atoms with E-state index in [-0.39, 0.29) is 37.6 Å². The minimum absolute atomic E-state index is 0.0117. The lowest BCUT2D eigenvalue weighted by atomic mass is 10.2. The second kappa shape index (κ2) is 8.25. The molecule has 0 bridgehead atoms. The van der Waals surface area contributed by atoms with E-state index in [1.54, 1.807) is 0 Å². The Morgan fingerprint density at radius 2 is 1.00 bits per heavy atom. The van der Waals surface area contributed by atoms with Gasteiger partial charge in [-0.1, -0.05) is 20.8 Å². The standard InChI is InChI=1S/C12H27O4P/c1-10(4-13)7-17(16,8-11(2)5-14)9-12(3)6-15/h10-15H,4-9H2,1-3H3. The largest absolute Gasteiger partial charge is 0.396 e. The second-order valence-corrected chi connectivity index (χ2v) is 8.68. The molecule has 3 unspecified atom stereocenters. The van der Waals surface area contributed by atoms with Gasteiger partial charge in [-0.05, 0) is 17.8 Å². The molecule has 3 N–H and O–H groups in total. The monoisotopic (exact) mass is 266 g/mol. The van der Waals surface area contributed by atoms with Gasteiger partial charge in [0.1, 0.15) is 0 Å². The minimum atomic E-state index is -2.42. The third-order valence-corrected chi connectivity index (χ3v) is 6.73. The quantitative estimate of drug-likeness (QED) is 0.549. The molecule has 0 amide bonds. The van der Waals surface area contributed by atoms with Crippen LogP contribution in [0.5, 0.6) is 0 Å². The third-order valence-electron chi connectivity index (χ3n) is 2.87. The summed E-state index contributed by atoms with van der Waals surface area (Å²) in [6, 6.07) is 0. The highest BCUT2D eigenvalue weighted by atomic mass is 31.2. The van der Waals surface area contributed by atoms with Crippen LogP contribution in [0.25, 0.3) is 0 Å². The third kappa shape index (κ3) is 7.20. The van der Waals surface area contributed by atoms with E-state index < -0.39 is 7.14 Å². The van der Waals surface area contributed by atoms with Gasteiger partial charge in [0.05, 0.1) is 7.14 Å². The van der Waals surface area contributed by atoms with Crippen molar-refractivity contribution >= 4 is 7.14 Å². The van der Waals surface area contributed by atoms with Crippen LogP contribution >= 0.6 is 7.14 Å². The predicted octanol–water partition coefficient (Wildman–Crippen LogP) is 1.23. The molecule has 0 rings (SSSR count). The van der Waals surface area contributed by atoms with Crippen molar-refractivity contribution in [3.05, 3.63) is 0 Å². The van der Waals surface area contributed by atoms with Crippen LogP contribution in [-0.2, 0) is 4.57 Å². The second-order valence-electron chi connectivity index (χ2n) is 5.47. The summed E-state index contributed by atoms with van der Waals surface area (Å²) in [7, 11) is -2.42. The lowest BCUT2D eigenvalue weighted by molar-refractivity contribution is 0.240. The molecule has 0 aromatic rings. The molecule has 4 nitrogen and oxygen atoms in total. The van der Waals surface area contributed by atoms with Gasteiger partial charge in [0.15, 0.2) is 0 Å². The summed E-state index contributed by atoms with van der Waals surface area (Å²) < 4.78 is 12.8. The Hall–Kier alpha value is 0.110. The molecule has 0 aliphatic heterocycles. The Labute approximate surface area is 104 Å². The number of aliphatic hydroxyl groups excluding tert-OH is 3. The predicted molar refractivity (Wildman–Crippen MR) is 71.0 cm³/mol. The van der Waals surface area contributed by atoms with E-state index in [1.807, 2.05) is 20.8 Å². The highest BCUT2D eigenvalue weighted by Crippen LogP contribution is 2.50. The van der Waals surface area contributed by atoms with Crippen LogP contribution in [0.2, 0.25) is 0 Å². The molecule has 0 aliphatic carbocycles. The van der Waals surface area contributed by atoms with Crippen LogP contribution in [0.4, 0.5) is 0 Å². The van der Waals surface area contributed by atoms with Gasteiger partial charge in [-0.15, -0.1) is 0 Å². The van der Waals surface area contributed by atoms with Gasteiger partial charge in [-0.25, -0.2) is 0 Å². The number of hydrogen-bond donors (Lipinski definition) is 3. The Morgan fingerprint density at radius 3 is 1.18 bits per heavy atom. The average Bonchev–Trinajstić information content (AvgIpc) is 2.27. The summed E-state index contributed by atoms with van der Waals surface area (Å²) in [5.41, 5.74) is 0. The fourth-order valence-corrected chi connectivity index (χ4v) is 6.30. The van der Waals surface area contributed by atoms with Crippen LogP contribution in [0.1, 0.15) is 20.8 Å². The zero-order valence-electron chi connectivity index (χ0n) is 11.2. The SMILES string of the molecule is CC(CO)CP(=O)(CC(C)CO)CC(C)CO. The van der Waals surface area contributed by atoms with Crippen molar-refractivity contribution in [3.8, 4) is 0 Å². The molecule has 0 saturated heterocycles. The van der Waals surface area contributed by atoms with Crippen molar-refractivity contribution in [2.75, 3.05) is 38.3 Å². The van der Waals surface area contributed by atoms with Crippen molar-refractivity contribution in [1.29, 1.82) is 0 Å². The molecule has 104 valence electrons. The molecule has 0 radical (unpaired) electrons. The van der Waals surface area contributed by atoms with E-state index in [4.69, 9.17) is 15.3 Å². The summed E-state index contributed by atoms with van der Waals surface area (Å²) in [5.74, 6) is 0.0351. The Morgan fingerprint density at radius 1 is 0.765 bits per heavy atom. The molecular weight excluding hydrogens is 239 g/mol. The molecule has 5 heteroatoms. The van der Waals surface area contributed by atoms with Crippen molar-refractivity contribution in [3.63, 3.8) is 0 Å². The van der Waals surface area contributed by atoms with Crippen LogP contribution < -0.4 is 0 Å². The average molecular weight is 266 g/mol. The molecule has 3 atom stereocenters. The Balaban J connectivity index is 4.62. The summed E-state index contributed by atoms with van der Waals surface area (Å²) in [6.07, 6.45) is 1.49. The Bertz CT molecular complexity index is 207. The first-order valence-corrected chi connectivity index (χ1v) is 8.52. The first-order valence-electron chi connectivity index (χ1n) is 6.26. The van der Waals surface area contributed by atoms with Crippen LogP contribution in [0, 0.1) is 17.8 Å². The van der Waals surface area contributed by atoms with E-state index in [0.29, 0.717) is 18.5 Å². The van der Waals surface area contributed by atoms with E-state index in [1.165, 1.54) is 0 Å². The fourth-order valence-electron chi connectivity index (χ4n) is 2.10. The van der Waals surface area contributed by atoms with Crippen LogP contribution in [0.15, 0.2) is 0 Å². The highest BCUT2D eigenvalue weighted by Gasteiger charge is 2.28. The smallest absolute Gasteiger partial charge is 0.0888 e. The fraction of sp³-hybridized carbons (Fsp3) is 1.00. The highest BCUT2D eigenvalue weighted by molar-refractivity contribution is 7.63. The molecule has 0 heterocycles. The maximum Gasteiger partial charge on any atom is 0.0888 e. The summed E-state index contributed by atoms with van der Waals surface area (Å²) in [5, 5.41) is 27.2. The zero-order chi connectivity index (χ0) is 13.5. The van der Waals surface area contributed by atoms with Crippen molar-refractivity contribution in [2.45, 2.75) is 20.8 Å². The lowest BCUT2D eigenvalue weighted by Gasteiger charge is -2.25. The number of aliphatic hydroxyl groups is 3. The van der Waals surface area contributed by atoms with E-state index in [0.717, 1.165) is 0 Å². The van der Waals surface area contributed by atoms with Gasteiger partial charge >= 0.3 is 0 Å². The summed E-state index contributed by atoms with van der Waals surface area (Å²) in [6.45, 7) is 5.72. The van der Waals surface area contributed by atoms with Crippen LogP contribution in [0.3, 0.4) is 0 Å². The van der Waals surface area contributed by atoms with Gasteiger partial charge in [-0.2, -0.15) is 0 Å². The molecule has 0 spiro atoms. The molecular formula is C12H27O4P. The normalized spacial score (nSPS) is 20.6. The summed E-state index contributed by atoms with van der Waals surface area (Å²) in [4.78, 5) is 0. The van der Waals surface area contributed by atoms with Gasteiger partial charge in [-0.3, -0.25) is 0 Å². The van der Waals surface area contributed by atoms with Crippen molar-refractivity contribution in [2.24, 2.45) is 17.8 Å². The van der Waals surface area contributed by atoms with Crippen molar-refractivity contribution < 1.29 is 19.9 Å². The zero-order valence-corrected chi connectivity index (χ0v) is 12.1. The van der Waals surface area contributed by atoms with E-state index in [9.17, 15) is 4.57 Å². The van der Waals surface area contributed by atoms with E-state index >= 15 is 0 Å². The molecule has 0 aromatic carbocycles. The maximum absolute atomic E-state index is 12.8. The molecule has 17 heavy (non-hydrogen) atoms. The van der Waals surface area contributed by atoms with Crippen molar-refractivity contribution in [1.82, 2.24) is 0 Å². The van der Waals surface area contributed by atoms with Gasteiger partial charge in [0, 0.05) is 38.3 Å². The minimum Gasteiger partial charge on any atom is -0.396 e. The molecule has 0 fully saturated rings. The van der Waals surface area contributed by atoms with Gasteiger partial charge in [0.2, 0.25) is 0 Å². The summed E-state index contributed by atoms with van der Waals surface area (Å²) >= 11 is 0. The number of rotatable bonds is 9. The molecule has 0 aromatic heterocycles. The lowest BCUT2D eigenvalue weighted by Crippen LogP contribution is -2.19. The topological polar surface area (TPSA) is 77.8 Å². The maximum atomic E-state index is 12.8. The van der Waals surface area contributed by atoms with Gasteiger partial charge < -0.3 is 19.9 Å². The Kier molecular flexibility index (Phi) is 8.31.